The molecule has 0 aliphatic carbocycles. The zero-order valence-corrected chi connectivity index (χ0v) is 16.8. The first-order valence-electron chi connectivity index (χ1n) is 8.99. The van der Waals surface area contributed by atoms with Gasteiger partial charge in [0.15, 0.2) is 0 Å². The summed E-state index contributed by atoms with van der Waals surface area (Å²) < 4.78 is 18.4. The van der Waals surface area contributed by atoms with Crippen LogP contribution in [0, 0.1) is 5.82 Å². The Morgan fingerprint density at radius 2 is 2.10 bits per heavy atom. The fraction of sp³-hybridized carbons (Fsp3) is 0.200. The molecule has 10 heteroatoms. The van der Waals surface area contributed by atoms with Crippen molar-refractivity contribution < 1.29 is 19.0 Å². The van der Waals surface area contributed by atoms with Crippen molar-refractivity contribution in [2.24, 2.45) is 0 Å². The Labute approximate surface area is 177 Å². The summed E-state index contributed by atoms with van der Waals surface area (Å²) >= 11 is 5.82. The van der Waals surface area contributed by atoms with E-state index in [1.165, 1.54) is 30.5 Å². The quantitative estimate of drug-likeness (QED) is 0.432. The molecule has 8 nitrogen and oxygen atoms in total. The number of pyridine rings is 1. The molecule has 0 bridgehead atoms. The number of carbonyl (C=O) groups is 1. The molecule has 3 rings (SSSR count). The monoisotopic (exact) mass is 431 g/mol. The number of hydrogen-bond acceptors (Lipinski definition) is 7. The minimum absolute atomic E-state index is 0.0208. The summed E-state index contributed by atoms with van der Waals surface area (Å²) in [6.45, 7) is 1.15. The van der Waals surface area contributed by atoms with Crippen molar-refractivity contribution in [1.29, 1.82) is 0 Å². The van der Waals surface area contributed by atoms with Crippen LogP contribution in [0.15, 0.2) is 42.7 Å². The predicted octanol–water partition coefficient (Wildman–Crippen LogP) is 4.22. The number of carboxylic acids is 1. The molecule has 0 atom stereocenters. The lowest BCUT2D eigenvalue weighted by Crippen LogP contribution is -2.09. The van der Waals surface area contributed by atoms with E-state index in [2.05, 4.69) is 25.6 Å². The topological polar surface area (TPSA) is 109 Å². The molecular formula is C20H19ClFN5O3. The second kappa shape index (κ2) is 9.95. The van der Waals surface area contributed by atoms with Crippen LogP contribution in [0.4, 0.5) is 21.8 Å². The van der Waals surface area contributed by atoms with Gasteiger partial charge in [0.1, 0.15) is 17.3 Å². The molecule has 0 spiro atoms. The van der Waals surface area contributed by atoms with Crippen LogP contribution in [0.5, 0.6) is 0 Å². The highest BCUT2D eigenvalue weighted by atomic mass is 35.5. The van der Waals surface area contributed by atoms with Crippen molar-refractivity contribution in [2.45, 2.75) is 6.42 Å². The highest BCUT2D eigenvalue weighted by Gasteiger charge is 2.13. The lowest BCUT2D eigenvalue weighted by atomic mass is 10.1. The van der Waals surface area contributed by atoms with Gasteiger partial charge in [-0.3, -0.25) is 0 Å². The minimum Gasteiger partial charge on any atom is -0.477 e. The van der Waals surface area contributed by atoms with Crippen LogP contribution in [-0.2, 0) is 4.74 Å². The molecule has 0 saturated carbocycles. The van der Waals surface area contributed by atoms with E-state index in [-0.39, 0.29) is 16.7 Å². The molecular weight excluding hydrogens is 413 g/mol. The summed E-state index contributed by atoms with van der Waals surface area (Å²) in [6.07, 6.45) is 3.73. The van der Waals surface area contributed by atoms with Crippen LogP contribution >= 0.6 is 11.6 Å². The second-order valence-corrected chi connectivity index (χ2v) is 6.63. The van der Waals surface area contributed by atoms with Gasteiger partial charge in [-0.25, -0.2) is 19.2 Å². The number of aromatic carboxylic acids is 1. The standard InChI is InChI=1S/C20H19ClFN5O3/c1-30-8-2-6-24-18-14(12-5-7-23-17(9-12)19(28)29)11-25-20(27-18)26-13-3-4-16(22)15(21)10-13/h3-5,7,9-11H,2,6,8H2,1H3,(H,28,29)(H2,24,25,26,27). The van der Waals surface area contributed by atoms with Gasteiger partial charge in [0, 0.05) is 43.9 Å². The highest BCUT2D eigenvalue weighted by Crippen LogP contribution is 2.28. The lowest BCUT2D eigenvalue weighted by molar-refractivity contribution is 0.0690. The molecule has 3 aromatic rings. The van der Waals surface area contributed by atoms with Gasteiger partial charge in [0.25, 0.3) is 0 Å². The maximum atomic E-state index is 13.4. The Morgan fingerprint density at radius 3 is 2.83 bits per heavy atom. The Kier molecular flexibility index (Phi) is 7.10. The molecule has 0 saturated heterocycles. The number of nitrogens with one attached hydrogen (secondary N) is 2. The number of hydrogen-bond donors (Lipinski definition) is 3. The van der Waals surface area contributed by atoms with Crippen LogP contribution in [0.2, 0.25) is 5.02 Å². The first-order valence-corrected chi connectivity index (χ1v) is 9.37. The van der Waals surface area contributed by atoms with Gasteiger partial charge in [-0.15, -0.1) is 0 Å². The first-order chi connectivity index (χ1) is 14.5. The van der Waals surface area contributed by atoms with Crippen LogP contribution in [-0.4, -0.2) is 46.3 Å². The van der Waals surface area contributed by atoms with Crippen LogP contribution in [0.3, 0.4) is 0 Å². The zero-order valence-electron chi connectivity index (χ0n) is 16.0. The molecule has 0 fully saturated rings. The third-order valence-electron chi connectivity index (χ3n) is 4.07. The SMILES string of the molecule is COCCCNc1nc(Nc2ccc(F)c(Cl)c2)ncc1-c1ccnc(C(=O)O)c1. The molecule has 3 N–H and O–H groups in total. The van der Waals surface area contributed by atoms with Gasteiger partial charge in [0.05, 0.1) is 5.02 Å². The van der Waals surface area contributed by atoms with E-state index in [1.54, 1.807) is 19.4 Å². The van der Waals surface area contributed by atoms with Crippen LogP contribution in [0.25, 0.3) is 11.1 Å². The Hall–Kier alpha value is -3.30. The van der Waals surface area contributed by atoms with Gasteiger partial charge < -0.3 is 20.5 Å². The summed E-state index contributed by atoms with van der Waals surface area (Å²) in [6, 6.07) is 7.33. The smallest absolute Gasteiger partial charge is 0.354 e. The third kappa shape index (κ3) is 5.40. The second-order valence-electron chi connectivity index (χ2n) is 6.22. The molecule has 0 radical (unpaired) electrons. The van der Waals surface area contributed by atoms with Gasteiger partial charge in [-0.2, -0.15) is 4.98 Å². The van der Waals surface area contributed by atoms with Gasteiger partial charge in [-0.1, -0.05) is 11.6 Å². The Bertz CT molecular complexity index is 1050. The maximum Gasteiger partial charge on any atom is 0.354 e. The highest BCUT2D eigenvalue weighted by molar-refractivity contribution is 6.31. The summed E-state index contributed by atoms with van der Waals surface area (Å²) in [5, 5.41) is 15.4. The normalized spacial score (nSPS) is 10.6. The van der Waals surface area contributed by atoms with Crippen molar-refractivity contribution >= 4 is 35.0 Å². The minimum atomic E-state index is -1.13. The number of carboxylic acid groups (broad SMARTS) is 1. The van der Waals surface area contributed by atoms with Crippen LogP contribution < -0.4 is 10.6 Å². The Balaban J connectivity index is 1.92. The van der Waals surface area contributed by atoms with Gasteiger partial charge in [0.2, 0.25) is 5.95 Å². The average Bonchev–Trinajstić information content (AvgIpc) is 2.74. The number of nitrogens with zero attached hydrogens (tertiary/aromatic N) is 3. The van der Waals surface area contributed by atoms with Crippen molar-refractivity contribution in [3.05, 3.63) is 59.3 Å². The van der Waals surface area contributed by atoms with E-state index in [4.69, 9.17) is 16.3 Å². The fourth-order valence-corrected chi connectivity index (χ4v) is 2.81. The molecule has 0 aliphatic heterocycles. The first kappa shape index (κ1) is 21.4. The molecule has 2 heterocycles. The number of ether oxygens (including phenoxy) is 1. The summed E-state index contributed by atoms with van der Waals surface area (Å²) in [7, 11) is 1.62. The maximum absolute atomic E-state index is 13.4. The van der Waals surface area contributed by atoms with Crippen LogP contribution in [0.1, 0.15) is 16.9 Å². The van der Waals surface area contributed by atoms with Crippen molar-refractivity contribution in [3.63, 3.8) is 0 Å². The van der Waals surface area contributed by atoms with Crippen molar-refractivity contribution in [2.75, 3.05) is 30.9 Å². The van der Waals surface area contributed by atoms with Gasteiger partial charge in [-0.05, 0) is 42.3 Å². The number of rotatable bonds is 9. The van der Waals surface area contributed by atoms with E-state index in [0.717, 1.165) is 6.42 Å². The molecule has 2 aromatic heterocycles. The summed E-state index contributed by atoms with van der Waals surface area (Å²) in [4.78, 5) is 23.9. The molecule has 0 aliphatic rings. The van der Waals surface area contributed by atoms with Crippen molar-refractivity contribution in [3.8, 4) is 11.1 Å². The van der Waals surface area contributed by atoms with Gasteiger partial charge >= 0.3 is 5.97 Å². The number of aromatic nitrogens is 3. The average molecular weight is 432 g/mol. The molecule has 0 amide bonds. The van der Waals surface area contributed by atoms with Crippen molar-refractivity contribution in [1.82, 2.24) is 15.0 Å². The molecule has 30 heavy (non-hydrogen) atoms. The van der Waals surface area contributed by atoms with E-state index in [9.17, 15) is 14.3 Å². The number of methoxy groups -OCH3 is 1. The number of anilines is 3. The third-order valence-corrected chi connectivity index (χ3v) is 4.36. The molecule has 156 valence electrons. The zero-order chi connectivity index (χ0) is 21.5. The van der Waals surface area contributed by atoms with E-state index < -0.39 is 11.8 Å². The summed E-state index contributed by atoms with van der Waals surface area (Å²) in [5.74, 6) is -0.882. The largest absolute Gasteiger partial charge is 0.477 e. The molecule has 0 unspecified atom stereocenters. The summed E-state index contributed by atoms with van der Waals surface area (Å²) in [5.41, 5.74) is 1.66. The number of benzene rings is 1. The van der Waals surface area contributed by atoms with E-state index in [0.29, 0.717) is 35.8 Å². The predicted molar refractivity (Wildman–Crippen MR) is 112 cm³/mol. The number of halogens is 2. The molecule has 1 aromatic carbocycles. The fourth-order valence-electron chi connectivity index (χ4n) is 2.63. The van der Waals surface area contributed by atoms with E-state index >= 15 is 0 Å². The van der Waals surface area contributed by atoms with E-state index in [1.807, 2.05) is 0 Å². The Morgan fingerprint density at radius 1 is 1.27 bits per heavy atom. The lowest BCUT2D eigenvalue weighted by Gasteiger charge is -2.13.